The van der Waals surface area contributed by atoms with Crippen LogP contribution in [0.15, 0.2) is 77.5 Å². The number of piperidine rings is 1. The van der Waals surface area contributed by atoms with E-state index in [9.17, 15) is 4.79 Å². The molecule has 0 N–H and O–H groups in total. The Kier molecular flexibility index (Phi) is 6.60. The van der Waals surface area contributed by atoms with Crippen LogP contribution in [-0.4, -0.2) is 35.4 Å². The number of furan rings is 1. The maximum Gasteiger partial charge on any atom is 0.243 e. The van der Waals surface area contributed by atoms with E-state index in [0.717, 1.165) is 38.1 Å². The van der Waals surface area contributed by atoms with Gasteiger partial charge in [0.05, 0.1) is 18.8 Å². The summed E-state index contributed by atoms with van der Waals surface area (Å²) in [5.41, 5.74) is 1.40. The summed E-state index contributed by atoms with van der Waals surface area (Å²) in [7, 11) is 0. The first-order valence-electron chi connectivity index (χ1n) is 10.7. The van der Waals surface area contributed by atoms with Crippen molar-refractivity contribution < 1.29 is 9.21 Å². The number of aromatic nitrogens is 1. The highest BCUT2D eigenvalue weighted by molar-refractivity contribution is 5.94. The molecule has 1 amide bonds. The van der Waals surface area contributed by atoms with Crippen LogP contribution in [0.1, 0.15) is 37.1 Å². The quantitative estimate of drug-likeness (QED) is 0.573. The van der Waals surface area contributed by atoms with Gasteiger partial charge in [-0.1, -0.05) is 36.4 Å². The number of amides is 1. The standard InChI is InChI=1S/C25H29N3O2/c1-20(23-10-7-17-30-23)28(24-11-5-6-14-26-24)25(29)19-27-15-12-22(13-16-27)18-21-8-3-2-4-9-21/h2-11,14,17,20,22H,12-13,15-16,18-19H2,1H3. The number of hydrogen-bond acceptors (Lipinski definition) is 4. The number of rotatable bonds is 7. The van der Waals surface area contributed by atoms with E-state index < -0.39 is 0 Å². The van der Waals surface area contributed by atoms with E-state index in [-0.39, 0.29) is 11.9 Å². The number of anilines is 1. The normalized spacial score (nSPS) is 16.3. The predicted octanol–water partition coefficient (Wildman–Crippen LogP) is 4.72. The molecular formula is C25H29N3O2. The van der Waals surface area contributed by atoms with E-state index in [4.69, 9.17) is 4.42 Å². The van der Waals surface area contributed by atoms with Crippen molar-refractivity contribution >= 4 is 11.7 Å². The van der Waals surface area contributed by atoms with Crippen molar-refractivity contribution in [1.82, 2.24) is 9.88 Å². The first-order chi connectivity index (χ1) is 14.7. The summed E-state index contributed by atoms with van der Waals surface area (Å²) < 4.78 is 5.57. The number of carbonyl (C=O) groups is 1. The molecule has 5 heteroatoms. The molecule has 1 saturated heterocycles. The van der Waals surface area contributed by atoms with Gasteiger partial charge in [0, 0.05) is 6.20 Å². The molecule has 1 aliphatic rings. The van der Waals surface area contributed by atoms with Crippen molar-refractivity contribution in [2.45, 2.75) is 32.2 Å². The molecule has 4 rings (SSSR count). The van der Waals surface area contributed by atoms with Crippen molar-refractivity contribution in [1.29, 1.82) is 0 Å². The lowest BCUT2D eigenvalue weighted by atomic mass is 9.90. The first kappa shape index (κ1) is 20.4. The van der Waals surface area contributed by atoms with Gasteiger partial charge in [0.1, 0.15) is 11.6 Å². The lowest BCUT2D eigenvalue weighted by Crippen LogP contribution is -2.44. The van der Waals surface area contributed by atoms with Gasteiger partial charge in [0.25, 0.3) is 0 Å². The molecule has 30 heavy (non-hydrogen) atoms. The topological polar surface area (TPSA) is 49.6 Å². The highest BCUT2D eigenvalue weighted by atomic mass is 16.3. The second-order valence-electron chi connectivity index (χ2n) is 8.05. The van der Waals surface area contributed by atoms with Gasteiger partial charge in [0.15, 0.2) is 0 Å². The molecule has 5 nitrogen and oxygen atoms in total. The van der Waals surface area contributed by atoms with Crippen molar-refractivity contribution in [3.63, 3.8) is 0 Å². The third-order valence-electron chi connectivity index (χ3n) is 5.94. The number of hydrogen-bond donors (Lipinski definition) is 0. The number of carbonyl (C=O) groups excluding carboxylic acids is 1. The van der Waals surface area contributed by atoms with Crippen molar-refractivity contribution in [3.05, 3.63) is 84.4 Å². The van der Waals surface area contributed by atoms with Gasteiger partial charge in [-0.2, -0.15) is 0 Å². The van der Waals surface area contributed by atoms with Crippen LogP contribution in [0.3, 0.4) is 0 Å². The average Bonchev–Trinajstić information content (AvgIpc) is 3.32. The molecule has 1 atom stereocenters. The molecule has 1 aromatic carbocycles. The second kappa shape index (κ2) is 9.72. The molecule has 1 aliphatic heterocycles. The van der Waals surface area contributed by atoms with Gasteiger partial charge in [0.2, 0.25) is 5.91 Å². The Bertz CT molecular complexity index is 904. The Labute approximate surface area is 178 Å². The van der Waals surface area contributed by atoms with Crippen molar-refractivity contribution in [2.75, 3.05) is 24.5 Å². The maximum absolute atomic E-state index is 13.3. The summed E-state index contributed by atoms with van der Waals surface area (Å²) in [6, 6.07) is 19.9. The highest BCUT2D eigenvalue weighted by Gasteiger charge is 2.29. The molecule has 0 aliphatic carbocycles. The molecule has 1 unspecified atom stereocenters. The van der Waals surface area contributed by atoms with Crippen LogP contribution < -0.4 is 4.90 Å². The number of benzene rings is 1. The summed E-state index contributed by atoms with van der Waals surface area (Å²) >= 11 is 0. The largest absolute Gasteiger partial charge is 0.467 e. The van der Waals surface area contributed by atoms with Crippen LogP contribution in [0.25, 0.3) is 0 Å². The lowest BCUT2D eigenvalue weighted by molar-refractivity contribution is -0.120. The van der Waals surface area contributed by atoms with Gasteiger partial charge >= 0.3 is 0 Å². The zero-order valence-corrected chi connectivity index (χ0v) is 17.5. The minimum atomic E-state index is -0.210. The van der Waals surface area contributed by atoms with E-state index in [1.54, 1.807) is 17.4 Å². The van der Waals surface area contributed by atoms with E-state index in [2.05, 4.69) is 40.2 Å². The summed E-state index contributed by atoms with van der Waals surface area (Å²) in [6.07, 6.45) is 6.74. The van der Waals surface area contributed by atoms with Gasteiger partial charge in [-0.25, -0.2) is 4.98 Å². The fraction of sp³-hybridized carbons (Fsp3) is 0.360. The van der Waals surface area contributed by atoms with E-state index in [0.29, 0.717) is 18.3 Å². The molecule has 156 valence electrons. The number of likely N-dealkylation sites (tertiary alicyclic amines) is 1. The Morgan fingerprint density at radius 3 is 2.53 bits per heavy atom. The third kappa shape index (κ3) is 4.97. The monoisotopic (exact) mass is 403 g/mol. The van der Waals surface area contributed by atoms with Crippen LogP contribution in [0, 0.1) is 5.92 Å². The summed E-state index contributed by atoms with van der Waals surface area (Å²) in [6.45, 7) is 4.29. The van der Waals surface area contributed by atoms with E-state index in [1.807, 2.05) is 37.3 Å². The maximum atomic E-state index is 13.3. The molecule has 0 bridgehead atoms. The Hall–Kier alpha value is -2.92. The molecular weight excluding hydrogens is 374 g/mol. The summed E-state index contributed by atoms with van der Waals surface area (Å²) in [5.74, 6) is 2.16. The van der Waals surface area contributed by atoms with Gasteiger partial charge < -0.3 is 4.42 Å². The zero-order valence-electron chi connectivity index (χ0n) is 17.5. The molecule has 0 spiro atoms. The number of nitrogens with zero attached hydrogens (tertiary/aromatic N) is 3. The second-order valence-corrected chi connectivity index (χ2v) is 8.05. The van der Waals surface area contributed by atoms with Crippen LogP contribution in [0.4, 0.5) is 5.82 Å². The SMILES string of the molecule is CC(c1ccco1)N(C(=O)CN1CCC(Cc2ccccc2)CC1)c1ccccn1. The molecule has 0 radical (unpaired) electrons. The molecule has 1 fully saturated rings. The van der Waals surface area contributed by atoms with E-state index >= 15 is 0 Å². The lowest BCUT2D eigenvalue weighted by Gasteiger charge is -2.34. The average molecular weight is 404 g/mol. The zero-order chi connectivity index (χ0) is 20.8. The fourth-order valence-electron chi connectivity index (χ4n) is 4.26. The molecule has 3 heterocycles. The molecule has 2 aromatic heterocycles. The smallest absolute Gasteiger partial charge is 0.243 e. The minimum Gasteiger partial charge on any atom is -0.467 e. The van der Waals surface area contributed by atoms with Crippen LogP contribution in [0.2, 0.25) is 0 Å². The van der Waals surface area contributed by atoms with Crippen LogP contribution in [0.5, 0.6) is 0 Å². The number of pyridine rings is 1. The Morgan fingerprint density at radius 1 is 1.10 bits per heavy atom. The fourth-order valence-corrected chi connectivity index (χ4v) is 4.26. The van der Waals surface area contributed by atoms with Crippen molar-refractivity contribution in [2.24, 2.45) is 5.92 Å². The van der Waals surface area contributed by atoms with Gasteiger partial charge in [-0.15, -0.1) is 0 Å². The predicted molar refractivity (Wildman–Crippen MR) is 118 cm³/mol. The first-order valence-corrected chi connectivity index (χ1v) is 10.7. The van der Waals surface area contributed by atoms with E-state index in [1.165, 1.54) is 5.56 Å². The summed E-state index contributed by atoms with van der Waals surface area (Å²) in [5, 5.41) is 0. The molecule has 3 aromatic rings. The minimum absolute atomic E-state index is 0.0547. The van der Waals surface area contributed by atoms with Gasteiger partial charge in [-0.05, 0) is 75.0 Å². The van der Waals surface area contributed by atoms with Crippen LogP contribution >= 0.6 is 0 Å². The third-order valence-corrected chi connectivity index (χ3v) is 5.94. The van der Waals surface area contributed by atoms with Crippen LogP contribution in [-0.2, 0) is 11.2 Å². The molecule has 0 saturated carbocycles. The highest BCUT2D eigenvalue weighted by Crippen LogP contribution is 2.27. The Balaban J connectivity index is 1.38. The van der Waals surface area contributed by atoms with Crippen molar-refractivity contribution in [3.8, 4) is 0 Å². The summed E-state index contributed by atoms with van der Waals surface area (Å²) in [4.78, 5) is 21.8. The van der Waals surface area contributed by atoms with Gasteiger partial charge in [-0.3, -0.25) is 14.6 Å². The Morgan fingerprint density at radius 2 is 1.87 bits per heavy atom.